The van der Waals surface area contributed by atoms with Gasteiger partial charge < -0.3 is 14.5 Å². The van der Waals surface area contributed by atoms with Gasteiger partial charge in [-0.2, -0.15) is 0 Å². The molecule has 2 heterocycles. The average Bonchev–Trinajstić information content (AvgIpc) is 2.74. The molecule has 1 N–H and O–H groups in total. The Hall–Kier alpha value is -0.800. The molecule has 3 heteroatoms. The molecule has 1 unspecified atom stereocenters. The number of hydrogen-bond donors (Lipinski definition) is 1. The molecule has 66 valence electrons. The molecule has 0 saturated carbocycles. The van der Waals surface area contributed by atoms with Gasteiger partial charge in [-0.25, -0.2) is 0 Å². The summed E-state index contributed by atoms with van der Waals surface area (Å²) in [5, 5.41) is 3.37. The van der Waals surface area contributed by atoms with Crippen molar-refractivity contribution in [1.82, 2.24) is 5.32 Å². The highest BCUT2D eigenvalue weighted by molar-refractivity contribution is 4.97. The number of hydrogen-bond acceptors (Lipinski definition) is 3. The zero-order valence-corrected chi connectivity index (χ0v) is 6.95. The molecule has 0 spiro atoms. The summed E-state index contributed by atoms with van der Waals surface area (Å²) in [4.78, 5) is 0. The molecule has 1 fully saturated rings. The quantitative estimate of drug-likeness (QED) is 0.733. The standard InChI is InChI=1S/C9H13NO2/c1-2-9(12-4-1)6-10-8-3-5-11-7-8/h1-2,4,8,10H,3,5-7H2. The fourth-order valence-corrected chi connectivity index (χ4v) is 1.35. The molecule has 1 aromatic rings. The largest absolute Gasteiger partial charge is 0.468 e. The minimum absolute atomic E-state index is 0.509. The van der Waals surface area contributed by atoms with Gasteiger partial charge in [-0.05, 0) is 18.6 Å². The Balaban J connectivity index is 1.74. The molecule has 2 rings (SSSR count). The summed E-state index contributed by atoms with van der Waals surface area (Å²) in [6.07, 6.45) is 2.81. The van der Waals surface area contributed by atoms with Crippen molar-refractivity contribution < 1.29 is 9.15 Å². The molecule has 1 aliphatic rings. The van der Waals surface area contributed by atoms with Gasteiger partial charge in [0.15, 0.2) is 0 Å². The van der Waals surface area contributed by atoms with Crippen molar-refractivity contribution in [2.24, 2.45) is 0 Å². The van der Waals surface area contributed by atoms with Crippen LogP contribution < -0.4 is 5.32 Å². The normalized spacial score (nSPS) is 23.2. The van der Waals surface area contributed by atoms with Crippen molar-refractivity contribution in [1.29, 1.82) is 0 Å². The Kier molecular flexibility index (Phi) is 2.44. The van der Waals surface area contributed by atoms with Crippen LogP contribution in [0.3, 0.4) is 0 Å². The highest BCUT2D eigenvalue weighted by Gasteiger charge is 2.14. The van der Waals surface area contributed by atoms with Crippen LogP contribution in [0, 0.1) is 0 Å². The Morgan fingerprint density at radius 1 is 1.58 bits per heavy atom. The fourth-order valence-electron chi connectivity index (χ4n) is 1.35. The van der Waals surface area contributed by atoms with E-state index in [2.05, 4.69) is 5.32 Å². The van der Waals surface area contributed by atoms with Gasteiger partial charge in [-0.15, -0.1) is 0 Å². The first-order valence-electron chi connectivity index (χ1n) is 4.28. The Morgan fingerprint density at radius 3 is 3.25 bits per heavy atom. The van der Waals surface area contributed by atoms with E-state index in [1.807, 2.05) is 12.1 Å². The average molecular weight is 167 g/mol. The SMILES string of the molecule is c1coc(CNC2CCOC2)c1. The van der Waals surface area contributed by atoms with Gasteiger partial charge in [-0.1, -0.05) is 0 Å². The van der Waals surface area contributed by atoms with Gasteiger partial charge in [0.05, 0.1) is 19.4 Å². The van der Waals surface area contributed by atoms with Crippen molar-refractivity contribution >= 4 is 0 Å². The Labute approximate surface area is 71.7 Å². The molecular weight excluding hydrogens is 154 g/mol. The lowest BCUT2D eigenvalue weighted by Gasteiger charge is -2.07. The second-order valence-corrected chi connectivity index (χ2v) is 3.02. The van der Waals surface area contributed by atoms with Gasteiger partial charge >= 0.3 is 0 Å². The minimum Gasteiger partial charge on any atom is -0.468 e. The highest BCUT2D eigenvalue weighted by atomic mass is 16.5. The summed E-state index contributed by atoms with van der Waals surface area (Å²) in [6.45, 7) is 2.53. The molecule has 0 amide bonds. The summed E-state index contributed by atoms with van der Waals surface area (Å²) in [5.74, 6) is 0.988. The fraction of sp³-hybridized carbons (Fsp3) is 0.556. The summed E-state index contributed by atoms with van der Waals surface area (Å²) in [6, 6.07) is 4.39. The molecule has 0 radical (unpaired) electrons. The van der Waals surface area contributed by atoms with E-state index in [-0.39, 0.29) is 0 Å². The van der Waals surface area contributed by atoms with Gasteiger partial charge in [0.2, 0.25) is 0 Å². The van der Waals surface area contributed by atoms with E-state index in [1.54, 1.807) is 6.26 Å². The molecule has 12 heavy (non-hydrogen) atoms. The summed E-state index contributed by atoms with van der Waals surface area (Å²) >= 11 is 0. The van der Waals surface area contributed by atoms with E-state index >= 15 is 0 Å². The molecule has 0 aromatic carbocycles. The van der Waals surface area contributed by atoms with Crippen LogP contribution in [0.4, 0.5) is 0 Å². The van der Waals surface area contributed by atoms with Crippen molar-refractivity contribution in [3.63, 3.8) is 0 Å². The predicted octanol–water partition coefficient (Wildman–Crippen LogP) is 1.16. The van der Waals surface area contributed by atoms with Crippen LogP contribution in [0.25, 0.3) is 0 Å². The van der Waals surface area contributed by atoms with Crippen molar-refractivity contribution in [3.8, 4) is 0 Å². The third-order valence-electron chi connectivity index (χ3n) is 2.07. The van der Waals surface area contributed by atoms with Crippen LogP contribution in [0.15, 0.2) is 22.8 Å². The van der Waals surface area contributed by atoms with Crippen molar-refractivity contribution in [2.45, 2.75) is 19.0 Å². The Bertz CT molecular complexity index is 214. The third kappa shape index (κ3) is 1.87. The number of ether oxygens (including phenoxy) is 1. The Morgan fingerprint density at radius 2 is 2.58 bits per heavy atom. The van der Waals surface area contributed by atoms with E-state index < -0.39 is 0 Å². The van der Waals surface area contributed by atoms with E-state index in [0.29, 0.717) is 6.04 Å². The zero-order chi connectivity index (χ0) is 8.23. The molecule has 1 aliphatic heterocycles. The van der Waals surface area contributed by atoms with Gasteiger partial charge in [-0.3, -0.25) is 0 Å². The minimum atomic E-state index is 0.509. The maximum Gasteiger partial charge on any atom is 0.117 e. The molecule has 1 saturated heterocycles. The van der Waals surface area contributed by atoms with Gasteiger partial charge in [0.1, 0.15) is 5.76 Å². The number of furan rings is 1. The molecule has 1 aromatic heterocycles. The van der Waals surface area contributed by atoms with Gasteiger partial charge in [0.25, 0.3) is 0 Å². The van der Waals surface area contributed by atoms with Crippen LogP contribution in [0.2, 0.25) is 0 Å². The first-order chi connectivity index (χ1) is 5.95. The van der Waals surface area contributed by atoms with Crippen LogP contribution in [0.1, 0.15) is 12.2 Å². The first kappa shape index (κ1) is 7.83. The topological polar surface area (TPSA) is 34.4 Å². The monoisotopic (exact) mass is 167 g/mol. The second kappa shape index (κ2) is 3.74. The summed E-state index contributed by atoms with van der Waals surface area (Å²) < 4.78 is 10.4. The number of rotatable bonds is 3. The van der Waals surface area contributed by atoms with E-state index in [0.717, 1.165) is 31.9 Å². The van der Waals surface area contributed by atoms with Crippen LogP contribution in [-0.4, -0.2) is 19.3 Å². The van der Waals surface area contributed by atoms with Crippen LogP contribution >= 0.6 is 0 Å². The predicted molar refractivity (Wildman–Crippen MR) is 44.8 cm³/mol. The highest BCUT2D eigenvalue weighted by Crippen LogP contribution is 2.05. The molecule has 1 atom stereocenters. The molecule has 0 aliphatic carbocycles. The first-order valence-corrected chi connectivity index (χ1v) is 4.28. The van der Waals surface area contributed by atoms with Crippen LogP contribution in [0.5, 0.6) is 0 Å². The lowest BCUT2D eigenvalue weighted by Crippen LogP contribution is -2.28. The maximum absolute atomic E-state index is 5.23. The lowest BCUT2D eigenvalue weighted by molar-refractivity contribution is 0.189. The molecule has 3 nitrogen and oxygen atoms in total. The summed E-state index contributed by atoms with van der Waals surface area (Å²) in [5.41, 5.74) is 0. The smallest absolute Gasteiger partial charge is 0.117 e. The maximum atomic E-state index is 5.23. The molecular formula is C9H13NO2. The van der Waals surface area contributed by atoms with Gasteiger partial charge in [0, 0.05) is 12.6 Å². The van der Waals surface area contributed by atoms with E-state index in [1.165, 1.54) is 0 Å². The second-order valence-electron chi connectivity index (χ2n) is 3.02. The summed E-state index contributed by atoms with van der Waals surface area (Å²) in [7, 11) is 0. The van der Waals surface area contributed by atoms with Crippen molar-refractivity contribution in [3.05, 3.63) is 24.2 Å². The zero-order valence-electron chi connectivity index (χ0n) is 6.95. The third-order valence-corrected chi connectivity index (χ3v) is 2.07. The van der Waals surface area contributed by atoms with E-state index in [9.17, 15) is 0 Å². The van der Waals surface area contributed by atoms with E-state index in [4.69, 9.17) is 9.15 Å². The van der Waals surface area contributed by atoms with Crippen LogP contribution in [-0.2, 0) is 11.3 Å². The van der Waals surface area contributed by atoms with Crippen molar-refractivity contribution in [2.75, 3.05) is 13.2 Å². The lowest BCUT2D eigenvalue weighted by atomic mass is 10.2. The molecule has 0 bridgehead atoms. The number of nitrogens with one attached hydrogen (secondary N) is 1.